The van der Waals surface area contributed by atoms with Crippen molar-refractivity contribution in [2.75, 3.05) is 4.90 Å². The van der Waals surface area contributed by atoms with Crippen molar-refractivity contribution in [1.29, 1.82) is 0 Å². The molecule has 0 aliphatic heterocycles. The number of nitrogens with zero attached hydrogens (tertiary/aromatic N) is 2. The zero-order chi connectivity index (χ0) is 37.7. The Morgan fingerprint density at radius 2 is 0.825 bits per heavy atom. The Labute approximate surface area is 330 Å². The second kappa shape index (κ2) is 13.6. The molecule has 0 unspecified atom stereocenters. The van der Waals surface area contributed by atoms with Gasteiger partial charge in [-0.15, -0.1) is 0 Å². The molecule has 0 bridgehead atoms. The van der Waals surface area contributed by atoms with E-state index in [1.54, 1.807) is 0 Å². The van der Waals surface area contributed by atoms with E-state index in [1.165, 1.54) is 49.6 Å². The molecule has 0 saturated heterocycles. The lowest BCUT2D eigenvalue weighted by atomic mass is 9.93. The van der Waals surface area contributed by atoms with E-state index in [0.717, 1.165) is 50.3 Å². The minimum atomic E-state index is 0.876. The molecule has 3 nitrogen and oxygen atoms in total. The molecule has 11 aromatic rings. The van der Waals surface area contributed by atoms with Gasteiger partial charge in [0.25, 0.3) is 0 Å². The van der Waals surface area contributed by atoms with Gasteiger partial charge in [-0.3, -0.25) is 0 Å². The van der Waals surface area contributed by atoms with Gasteiger partial charge in [-0.1, -0.05) is 152 Å². The molecular weight excluding hydrogens is 693 g/mol. The van der Waals surface area contributed by atoms with Gasteiger partial charge in [0, 0.05) is 44.2 Å². The Balaban J connectivity index is 1.09. The van der Waals surface area contributed by atoms with Crippen LogP contribution in [0, 0.1) is 0 Å². The summed E-state index contributed by atoms with van der Waals surface area (Å²) in [6, 6.07) is 78.2. The van der Waals surface area contributed by atoms with Crippen LogP contribution < -0.4 is 4.90 Å². The minimum absolute atomic E-state index is 0.876. The van der Waals surface area contributed by atoms with Gasteiger partial charge in [-0.05, 0) is 94.5 Å². The third-order valence-corrected chi connectivity index (χ3v) is 11.2. The highest BCUT2D eigenvalue weighted by Gasteiger charge is 2.20. The van der Waals surface area contributed by atoms with Crippen molar-refractivity contribution in [2.45, 2.75) is 0 Å². The lowest BCUT2D eigenvalue weighted by molar-refractivity contribution is 0.669. The second-order valence-electron chi connectivity index (χ2n) is 14.5. The lowest BCUT2D eigenvalue weighted by Gasteiger charge is -2.27. The fourth-order valence-corrected chi connectivity index (χ4v) is 8.58. The van der Waals surface area contributed by atoms with Crippen LogP contribution in [-0.4, -0.2) is 4.57 Å². The number of benzene rings is 9. The van der Waals surface area contributed by atoms with Crippen molar-refractivity contribution in [3.8, 4) is 39.1 Å². The number of hydrogen-bond donors (Lipinski definition) is 0. The Hall–Kier alpha value is -7.62. The van der Waals surface area contributed by atoms with Crippen LogP contribution in [0.1, 0.15) is 0 Å². The molecule has 0 amide bonds. The maximum Gasteiger partial charge on any atom is 0.135 e. The van der Waals surface area contributed by atoms with Crippen LogP contribution in [0.25, 0.3) is 82.8 Å². The van der Waals surface area contributed by atoms with Crippen LogP contribution in [0.3, 0.4) is 0 Å². The summed E-state index contributed by atoms with van der Waals surface area (Å²) >= 11 is 0. The quantitative estimate of drug-likeness (QED) is 0.163. The Morgan fingerprint density at radius 3 is 1.54 bits per heavy atom. The van der Waals surface area contributed by atoms with E-state index < -0.39 is 0 Å². The molecule has 57 heavy (non-hydrogen) atoms. The standard InChI is InChI=1S/C54H36N2O/c1-3-15-37(16-4-1)43-33-31-41(35-48(43)38-17-5-2-6-18-38)55(42-32-34-54-49(36-42)47-22-10-14-26-53(47)57-54)40-29-27-39(28-30-40)44-19-7-11-23-50(44)56-51-24-12-8-20-45(51)46-21-9-13-25-52(46)56/h1-36H. The minimum Gasteiger partial charge on any atom is -0.456 e. The van der Waals surface area contributed by atoms with E-state index >= 15 is 0 Å². The van der Waals surface area contributed by atoms with E-state index in [0.29, 0.717) is 0 Å². The predicted octanol–water partition coefficient (Wildman–Crippen LogP) is 15.2. The highest BCUT2D eigenvalue weighted by Crippen LogP contribution is 2.43. The lowest BCUT2D eigenvalue weighted by Crippen LogP contribution is -2.10. The number of rotatable bonds is 7. The van der Waals surface area contributed by atoms with Crippen LogP contribution >= 0.6 is 0 Å². The highest BCUT2D eigenvalue weighted by molar-refractivity contribution is 6.10. The van der Waals surface area contributed by atoms with Crippen molar-refractivity contribution in [3.05, 3.63) is 218 Å². The molecule has 2 aromatic heterocycles. The maximum atomic E-state index is 6.28. The van der Waals surface area contributed by atoms with Crippen LogP contribution in [0.2, 0.25) is 0 Å². The van der Waals surface area contributed by atoms with Gasteiger partial charge in [0.2, 0.25) is 0 Å². The third kappa shape index (κ3) is 5.60. The van der Waals surface area contributed by atoms with Crippen molar-refractivity contribution < 1.29 is 4.42 Å². The summed E-state index contributed by atoms with van der Waals surface area (Å²) in [6.45, 7) is 0. The van der Waals surface area contributed by atoms with Crippen molar-refractivity contribution >= 4 is 60.8 Å². The molecule has 0 radical (unpaired) electrons. The summed E-state index contributed by atoms with van der Waals surface area (Å²) in [7, 11) is 0. The van der Waals surface area contributed by atoms with Gasteiger partial charge in [0.05, 0.1) is 16.7 Å². The Morgan fingerprint density at radius 1 is 0.316 bits per heavy atom. The number of furan rings is 1. The summed E-state index contributed by atoms with van der Waals surface area (Å²) in [5.41, 5.74) is 15.6. The van der Waals surface area contributed by atoms with E-state index in [1.807, 2.05) is 12.1 Å². The van der Waals surface area contributed by atoms with Gasteiger partial charge in [-0.25, -0.2) is 0 Å². The topological polar surface area (TPSA) is 21.3 Å². The first kappa shape index (κ1) is 32.8. The molecule has 268 valence electrons. The monoisotopic (exact) mass is 728 g/mol. The Bertz CT molecular complexity index is 3180. The number of anilines is 3. The zero-order valence-corrected chi connectivity index (χ0v) is 31.1. The summed E-state index contributed by atoms with van der Waals surface area (Å²) in [5.74, 6) is 0. The predicted molar refractivity (Wildman–Crippen MR) is 239 cm³/mol. The van der Waals surface area contributed by atoms with Crippen LogP contribution in [0.4, 0.5) is 17.1 Å². The highest BCUT2D eigenvalue weighted by atomic mass is 16.3. The molecule has 3 heteroatoms. The molecular formula is C54H36N2O. The van der Waals surface area contributed by atoms with Crippen LogP contribution in [0.15, 0.2) is 223 Å². The van der Waals surface area contributed by atoms with Crippen molar-refractivity contribution in [3.63, 3.8) is 0 Å². The van der Waals surface area contributed by atoms with E-state index in [-0.39, 0.29) is 0 Å². The molecule has 0 aliphatic rings. The first-order chi connectivity index (χ1) is 28.3. The fourth-order valence-electron chi connectivity index (χ4n) is 8.58. The van der Waals surface area contributed by atoms with Crippen molar-refractivity contribution in [2.24, 2.45) is 0 Å². The molecule has 9 aromatic carbocycles. The summed E-state index contributed by atoms with van der Waals surface area (Å²) in [6.07, 6.45) is 0. The maximum absolute atomic E-state index is 6.28. The molecule has 0 saturated carbocycles. The van der Waals surface area contributed by atoms with E-state index in [2.05, 4.69) is 216 Å². The molecule has 0 atom stereocenters. The van der Waals surface area contributed by atoms with Gasteiger partial charge in [0.15, 0.2) is 0 Å². The van der Waals surface area contributed by atoms with Crippen LogP contribution in [-0.2, 0) is 0 Å². The summed E-state index contributed by atoms with van der Waals surface area (Å²) in [5, 5.41) is 4.71. The fraction of sp³-hybridized carbons (Fsp3) is 0. The molecule has 0 spiro atoms. The number of para-hydroxylation sites is 4. The molecule has 0 fully saturated rings. The summed E-state index contributed by atoms with van der Waals surface area (Å²) in [4.78, 5) is 2.37. The second-order valence-corrected chi connectivity index (χ2v) is 14.5. The number of fused-ring (bicyclic) bond motifs is 6. The van der Waals surface area contributed by atoms with Gasteiger partial charge >= 0.3 is 0 Å². The normalized spacial score (nSPS) is 11.5. The SMILES string of the molecule is c1ccc(-c2ccc(N(c3ccc(-c4ccccc4-n4c5ccccc5c5ccccc54)cc3)c3ccc4oc5ccccc5c4c3)cc2-c2ccccc2)cc1. The zero-order valence-electron chi connectivity index (χ0n) is 31.1. The number of aromatic nitrogens is 1. The smallest absolute Gasteiger partial charge is 0.135 e. The first-order valence-electron chi connectivity index (χ1n) is 19.4. The van der Waals surface area contributed by atoms with E-state index in [9.17, 15) is 0 Å². The van der Waals surface area contributed by atoms with Crippen molar-refractivity contribution in [1.82, 2.24) is 4.57 Å². The third-order valence-electron chi connectivity index (χ3n) is 11.2. The Kier molecular flexibility index (Phi) is 7.82. The molecule has 0 aliphatic carbocycles. The molecule has 2 heterocycles. The molecule has 0 N–H and O–H groups in total. The van der Waals surface area contributed by atoms with Gasteiger partial charge in [-0.2, -0.15) is 0 Å². The number of hydrogen-bond acceptors (Lipinski definition) is 2. The largest absolute Gasteiger partial charge is 0.456 e. The van der Waals surface area contributed by atoms with Gasteiger partial charge < -0.3 is 13.9 Å². The summed E-state index contributed by atoms with van der Waals surface area (Å²) < 4.78 is 8.69. The molecule has 11 rings (SSSR count). The van der Waals surface area contributed by atoms with E-state index in [4.69, 9.17) is 4.42 Å². The van der Waals surface area contributed by atoms with Gasteiger partial charge in [0.1, 0.15) is 11.2 Å². The van der Waals surface area contributed by atoms with Crippen LogP contribution in [0.5, 0.6) is 0 Å². The average molecular weight is 729 g/mol. The average Bonchev–Trinajstić information content (AvgIpc) is 3.83. The first-order valence-corrected chi connectivity index (χ1v) is 19.4.